The Morgan fingerprint density at radius 3 is 1.98 bits per heavy atom. The van der Waals surface area contributed by atoms with Crippen molar-refractivity contribution < 1.29 is 38.7 Å². The van der Waals surface area contributed by atoms with Crippen LogP contribution in [0.5, 0.6) is 0 Å². The van der Waals surface area contributed by atoms with E-state index in [1.165, 1.54) is 11.3 Å². The molecule has 4 aromatic carbocycles. The Bertz CT molecular complexity index is 2340. The number of nitrogens with one attached hydrogen (secondary N) is 6. The molecule has 7 N–H and O–H groups in total. The lowest BCUT2D eigenvalue weighted by molar-refractivity contribution is -0.137. The van der Waals surface area contributed by atoms with E-state index in [4.69, 9.17) is 5.11 Å². The number of carboxylic acids is 1. The third-order valence-electron chi connectivity index (χ3n) is 10.5. The average molecular weight is 871 g/mol. The average Bonchev–Trinajstić information content (AvgIpc) is 3.83. The van der Waals surface area contributed by atoms with Crippen LogP contribution in [0.25, 0.3) is 11.1 Å². The Hall–Kier alpha value is -7.13. The van der Waals surface area contributed by atoms with Gasteiger partial charge in [-0.1, -0.05) is 103 Å². The molecule has 7 rings (SSSR count). The van der Waals surface area contributed by atoms with E-state index in [0.717, 1.165) is 16.7 Å². The number of anilines is 1. The quantitative estimate of drug-likeness (QED) is 0.0679. The van der Waals surface area contributed by atoms with E-state index in [-0.39, 0.29) is 51.5 Å². The number of carboxylic acid groups (broad SMARTS) is 1. The van der Waals surface area contributed by atoms with Gasteiger partial charge in [-0.2, -0.15) is 0 Å². The first-order valence-corrected chi connectivity index (χ1v) is 21.7. The van der Waals surface area contributed by atoms with Crippen LogP contribution in [0.4, 0.5) is 5.69 Å². The van der Waals surface area contributed by atoms with Crippen molar-refractivity contribution in [3.05, 3.63) is 148 Å². The molecular formula is C48H50N6O8S. The first-order valence-electron chi connectivity index (χ1n) is 20.8. The van der Waals surface area contributed by atoms with Crippen molar-refractivity contribution in [2.45, 2.75) is 75.5 Å². The van der Waals surface area contributed by atoms with Crippen LogP contribution in [0.1, 0.15) is 59.7 Å². The summed E-state index contributed by atoms with van der Waals surface area (Å²) in [6, 6.07) is 32.0. The first-order chi connectivity index (χ1) is 30.5. The number of benzene rings is 4. The van der Waals surface area contributed by atoms with E-state index in [9.17, 15) is 33.6 Å². The topological polar surface area (TPSA) is 212 Å². The second-order valence-corrected chi connectivity index (χ2v) is 16.2. The number of hydrogen-bond acceptors (Lipinski definition) is 8. The molecule has 0 spiro atoms. The number of rotatable bonds is 12. The summed E-state index contributed by atoms with van der Waals surface area (Å²) in [7, 11) is 0. The zero-order chi connectivity index (χ0) is 44.6. The van der Waals surface area contributed by atoms with E-state index in [0.29, 0.717) is 28.1 Å². The van der Waals surface area contributed by atoms with Gasteiger partial charge in [-0.05, 0) is 70.7 Å². The number of carbonyl (C=O) groups is 7. The highest BCUT2D eigenvalue weighted by molar-refractivity contribution is 7.10. The Morgan fingerprint density at radius 1 is 0.651 bits per heavy atom. The van der Waals surface area contributed by atoms with Crippen molar-refractivity contribution in [3.63, 3.8) is 0 Å². The number of hydrogen-bond donors (Lipinski definition) is 7. The van der Waals surface area contributed by atoms with E-state index >= 15 is 0 Å². The van der Waals surface area contributed by atoms with Crippen molar-refractivity contribution in [1.82, 2.24) is 26.6 Å². The van der Waals surface area contributed by atoms with Gasteiger partial charge in [-0.15, -0.1) is 11.3 Å². The maximum Gasteiger partial charge on any atom is 0.303 e. The van der Waals surface area contributed by atoms with Crippen LogP contribution in [0.15, 0.2) is 127 Å². The van der Waals surface area contributed by atoms with Gasteiger partial charge in [0.05, 0.1) is 0 Å². The molecule has 14 nitrogen and oxygen atoms in total. The molecule has 5 aromatic rings. The molecule has 4 atom stereocenters. The van der Waals surface area contributed by atoms with Crippen LogP contribution in [0.3, 0.4) is 0 Å². The zero-order valence-electron chi connectivity index (χ0n) is 34.5. The first kappa shape index (κ1) is 45.4. The maximum absolute atomic E-state index is 14.6. The van der Waals surface area contributed by atoms with E-state index in [1.807, 2.05) is 84.9 Å². The van der Waals surface area contributed by atoms with Gasteiger partial charge in [0.25, 0.3) is 0 Å². The van der Waals surface area contributed by atoms with Crippen LogP contribution >= 0.6 is 11.3 Å². The molecule has 63 heavy (non-hydrogen) atoms. The van der Waals surface area contributed by atoms with Gasteiger partial charge in [-0.25, -0.2) is 0 Å². The smallest absolute Gasteiger partial charge is 0.303 e. The molecule has 15 heteroatoms. The zero-order valence-corrected chi connectivity index (χ0v) is 35.3. The van der Waals surface area contributed by atoms with Gasteiger partial charge in [0.2, 0.25) is 35.4 Å². The summed E-state index contributed by atoms with van der Waals surface area (Å²) in [5, 5.41) is 27.7. The monoisotopic (exact) mass is 870 g/mol. The summed E-state index contributed by atoms with van der Waals surface area (Å²) in [6.45, 7) is 0.0498. The number of thiophene rings is 1. The van der Waals surface area contributed by atoms with E-state index in [1.54, 1.807) is 41.8 Å². The predicted molar refractivity (Wildman–Crippen MR) is 239 cm³/mol. The lowest BCUT2D eigenvalue weighted by atomic mass is 9.99. The highest BCUT2D eigenvalue weighted by Gasteiger charge is 2.33. The number of aliphatic carboxylic acids is 1. The highest BCUT2D eigenvalue weighted by atomic mass is 32.1. The fourth-order valence-corrected chi connectivity index (χ4v) is 7.86. The molecule has 2 aliphatic rings. The van der Waals surface area contributed by atoms with Crippen molar-refractivity contribution in [2.24, 2.45) is 0 Å². The van der Waals surface area contributed by atoms with Crippen LogP contribution in [-0.2, 0) is 52.8 Å². The minimum absolute atomic E-state index is 0.0160. The lowest BCUT2D eigenvalue weighted by Crippen LogP contribution is -2.58. The Balaban J connectivity index is 1.34. The van der Waals surface area contributed by atoms with Crippen molar-refractivity contribution >= 4 is 58.4 Å². The van der Waals surface area contributed by atoms with Crippen molar-refractivity contribution in [2.75, 3.05) is 11.9 Å². The second-order valence-electron chi connectivity index (χ2n) is 15.2. The summed E-state index contributed by atoms with van der Waals surface area (Å²) in [5.74, 6) is -4.56. The summed E-state index contributed by atoms with van der Waals surface area (Å²) >= 11 is 1.24. The Kier molecular flexibility index (Phi) is 16.3. The molecule has 0 aliphatic carbocycles. The molecule has 0 radical (unpaired) electrons. The third-order valence-corrected chi connectivity index (χ3v) is 11.4. The van der Waals surface area contributed by atoms with E-state index < -0.39 is 65.6 Å². The van der Waals surface area contributed by atoms with Gasteiger partial charge in [0, 0.05) is 49.2 Å². The molecule has 3 heterocycles. The van der Waals surface area contributed by atoms with Crippen LogP contribution in [0, 0.1) is 0 Å². The summed E-state index contributed by atoms with van der Waals surface area (Å²) in [4.78, 5) is 94.8. The largest absolute Gasteiger partial charge is 0.481 e. The van der Waals surface area contributed by atoms with Crippen molar-refractivity contribution in [3.8, 4) is 11.1 Å². The van der Waals surface area contributed by atoms with Gasteiger partial charge in [-0.3, -0.25) is 33.6 Å². The normalized spacial score (nSPS) is 19.0. The predicted octanol–water partition coefficient (Wildman–Crippen LogP) is 4.86. The molecule has 2 bridgehead atoms. The molecule has 326 valence electrons. The molecule has 0 saturated heterocycles. The standard InChI is InChI=1S/C48H50N6O8S/c55-41-25-26-42(56)54-44(40-13-8-28-63-40)48(62)53-39(30-32-15-20-35(21-16-32)34-11-5-2-6-12-34)47(61)51-37(24-19-31-9-3-1-4-10-31)46(60)52-38(45(59)49-27-7-14-43(57)58)29-33-17-22-36(50-41)23-18-33/h1-6,8-13,15-18,20-23,28,37-39,44H,7,14,19,24-27,29-30H2,(H,49,59)(H,50,55)(H,51,61)(H,52,60)(H,53,62)(H,54,56)(H,57,58)/t37-,38+,39+,44?/m1/s1. The molecule has 6 amide bonds. The lowest BCUT2D eigenvalue weighted by Gasteiger charge is -2.27. The third kappa shape index (κ3) is 13.9. The Morgan fingerprint density at radius 2 is 1.30 bits per heavy atom. The number of aryl methyl sites for hydroxylation is 1. The van der Waals surface area contributed by atoms with Crippen molar-refractivity contribution in [1.29, 1.82) is 0 Å². The highest BCUT2D eigenvalue weighted by Crippen LogP contribution is 2.23. The van der Waals surface area contributed by atoms with Gasteiger partial charge < -0.3 is 37.0 Å². The number of fused-ring (bicyclic) bond motifs is 18. The van der Waals surface area contributed by atoms with Gasteiger partial charge in [0.1, 0.15) is 24.2 Å². The van der Waals surface area contributed by atoms with Gasteiger partial charge >= 0.3 is 5.97 Å². The van der Waals surface area contributed by atoms with Gasteiger partial charge in [0.15, 0.2) is 0 Å². The molecule has 1 aromatic heterocycles. The molecule has 2 aliphatic heterocycles. The molecule has 0 fully saturated rings. The summed E-state index contributed by atoms with van der Waals surface area (Å²) < 4.78 is 0. The fourth-order valence-electron chi connectivity index (χ4n) is 7.08. The summed E-state index contributed by atoms with van der Waals surface area (Å²) in [6.07, 6.45) is 0.141. The van der Waals surface area contributed by atoms with Crippen LogP contribution < -0.4 is 31.9 Å². The SMILES string of the molecule is O=C(O)CCCNC(=O)[C@@H]1Cc2ccc(cc2)NC(=O)CCC(=O)NC(c2cccs2)C(=O)N[C@@H](Cc2ccc(-c3ccccc3)cc2)C(=O)N[C@H](CCc2ccccc2)C(=O)N1. The molecular weight excluding hydrogens is 821 g/mol. The van der Waals surface area contributed by atoms with E-state index in [2.05, 4.69) is 31.9 Å². The minimum atomic E-state index is -1.24. The second kappa shape index (κ2) is 22.6. The fraction of sp³-hybridized carbons (Fsp3) is 0.271. The van der Waals surface area contributed by atoms with Crippen LogP contribution in [-0.4, -0.2) is 71.2 Å². The van der Waals surface area contributed by atoms with Crippen LogP contribution in [0.2, 0.25) is 0 Å². The minimum Gasteiger partial charge on any atom is -0.481 e. The Labute approximate surface area is 369 Å². The molecule has 1 unspecified atom stereocenters. The molecule has 0 saturated carbocycles. The summed E-state index contributed by atoms with van der Waals surface area (Å²) in [5.41, 5.74) is 4.63. The number of carbonyl (C=O) groups excluding carboxylic acids is 6. The number of amides is 6. The maximum atomic E-state index is 14.6.